The molecular formula is C27H23F2N7. The van der Waals surface area contributed by atoms with Crippen LogP contribution in [0.4, 0.5) is 26.2 Å². The topological polar surface area (TPSA) is 76.1 Å². The van der Waals surface area contributed by atoms with Crippen molar-refractivity contribution in [2.24, 2.45) is 0 Å². The highest BCUT2D eigenvalue weighted by Crippen LogP contribution is 2.35. The van der Waals surface area contributed by atoms with Gasteiger partial charge in [0.1, 0.15) is 17.5 Å². The summed E-state index contributed by atoms with van der Waals surface area (Å²) in [7, 11) is 0. The molecule has 0 radical (unpaired) electrons. The van der Waals surface area contributed by atoms with Gasteiger partial charge in [-0.1, -0.05) is 36.4 Å². The largest absolute Gasteiger partial charge is 0.383 e. The first-order chi connectivity index (χ1) is 17.6. The first kappa shape index (κ1) is 22.0. The van der Waals surface area contributed by atoms with E-state index < -0.39 is 11.6 Å². The van der Waals surface area contributed by atoms with Crippen molar-refractivity contribution >= 4 is 28.5 Å². The molecule has 0 spiro atoms. The second kappa shape index (κ2) is 8.92. The normalized spacial score (nSPS) is 13.9. The van der Waals surface area contributed by atoms with Crippen LogP contribution in [-0.2, 0) is 0 Å². The molecule has 1 aliphatic rings. The molecule has 0 amide bonds. The predicted molar refractivity (Wildman–Crippen MR) is 137 cm³/mol. The lowest BCUT2D eigenvalue weighted by atomic mass is 10.1. The van der Waals surface area contributed by atoms with Crippen molar-refractivity contribution in [2.45, 2.75) is 0 Å². The molecule has 2 N–H and O–H groups in total. The summed E-state index contributed by atoms with van der Waals surface area (Å²) in [6.07, 6.45) is 0. The van der Waals surface area contributed by atoms with E-state index >= 15 is 0 Å². The van der Waals surface area contributed by atoms with E-state index in [1.165, 1.54) is 28.6 Å². The standard InChI is InChI=1S/C27H23F2N7/c28-18-7-6-10-20(17-18)36-25(30)23-24(21-11-4-5-12-22(21)29)31-27(32-26(23)33-36)35-15-13-34(14-16-35)19-8-2-1-3-9-19/h1-12,17H,13-16,30H2. The Balaban J connectivity index is 1.44. The molecule has 6 rings (SSSR count). The molecule has 9 heteroatoms. The van der Waals surface area contributed by atoms with Gasteiger partial charge in [-0.05, 0) is 42.5 Å². The lowest BCUT2D eigenvalue weighted by Crippen LogP contribution is -2.47. The molecular weight excluding hydrogens is 460 g/mol. The van der Waals surface area contributed by atoms with Crippen LogP contribution in [0.1, 0.15) is 0 Å². The lowest BCUT2D eigenvalue weighted by molar-refractivity contribution is 0.625. The summed E-state index contributed by atoms with van der Waals surface area (Å²) in [6, 6.07) is 22.6. The number of halogens is 2. The fourth-order valence-corrected chi connectivity index (χ4v) is 4.60. The number of nitrogens with two attached hydrogens (primary N) is 1. The van der Waals surface area contributed by atoms with Crippen LogP contribution in [0.2, 0.25) is 0 Å². The van der Waals surface area contributed by atoms with Crippen LogP contribution in [0.5, 0.6) is 0 Å². The van der Waals surface area contributed by atoms with E-state index in [2.05, 4.69) is 27.0 Å². The van der Waals surface area contributed by atoms with Gasteiger partial charge in [-0.15, -0.1) is 5.10 Å². The van der Waals surface area contributed by atoms with E-state index in [9.17, 15) is 8.78 Å². The minimum Gasteiger partial charge on any atom is -0.383 e. The van der Waals surface area contributed by atoms with Crippen molar-refractivity contribution in [3.8, 4) is 16.9 Å². The minimum absolute atomic E-state index is 0.217. The fraction of sp³-hybridized carbons (Fsp3) is 0.148. The van der Waals surface area contributed by atoms with Gasteiger partial charge in [0, 0.05) is 37.4 Å². The highest BCUT2D eigenvalue weighted by molar-refractivity contribution is 5.99. The Morgan fingerprint density at radius 1 is 0.722 bits per heavy atom. The molecule has 0 unspecified atom stereocenters. The number of rotatable bonds is 4. The van der Waals surface area contributed by atoms with Gasteiger partial charge in [0.15, 0.2) is 5.65 Å². The second-order valence-electron chi connectivity index (χ2n) is 8.64. The first-order valence-electron chi connectivity index (χ1n) is 11.7. The number of benzene rings is 3. The molecule has 36 heavy (non-hydrogen) atoms. The van der Waals surface area contributed by atoms with Crippen molar-refractivity contribution in [3.05, 3.63) is 90.5 Å². The van der Waals surface area contributed by atoms with E-state index in [4.69, 9.17) is 15.7 Å². The Morgan fingerprint density at radius 2 is 1.42 bits per heavy atom. The Labute approximate surface area is 206 Å². The summed E-state index contributed by atoms with van der Waals surface area (Å²) in [5, 5.41) is 5.00. The summed E-state index contributed by atoms with van der Waals surface area (Å²) in [5.41, 5.74) is 9.08. The van der Waals surface area contributed by atoms with Crippen molar-refractivity contribution in [1.29, 1.82) is 0 Å². The van der Waals surface area contributed by atoms with Crippen LogP contribution in [0.25, 0.3) is 28.0 Å². The second-order valence-corrected chi connectivity index (χ2v) is 8.64. The fourth-order valence-electron chi connectivity index (χ4n) is 4.60. The molecule has 7 nitrogen and oxygen atoms in total. The number of nitrogens with zero attached hydrogens (tertiary/aromatic N) is 6. The smallest absolute Gasteiger partial charge is 0.228 e. The summed E-state index contributed by atoms with van der Waals surface area (Å²) < 4.78 is 30.3. The van der Waals surface area contributed by atoms with Gasteiger partial charge in [-0.2, -0.15) is 4.98 Å². The zero-order valence-corrected chi connectivity index (χ0v) is 19.4. The van der Waals surface area contributed by atoms with Crippen molar-refractivity contribution in [2.75, 3.05) is 41.7 Å². The number of anilines is 3. The predicted octanol–water partition coefficient (Wildman–Crippen LogP) is 4.67. The summed E-state index contributed by atoms with van der Waals surface area (Å²) in [6.45, 7) is 2.97. The maximum Gasteiger partial charge on any atom is 0.228 e. The van der Waals surface area contributed by atoms with Crippen molar-refractivity contribution in [1.82, 2.24) is 19.7 Å². The molecule has 1 saturated heterocycles. The number of hydrogen-bond acceptors (Lipinski definition) is 6. The van der Waals surface area contributed by atoms with Crippen LogP contribution in [0.3, 0.4) is 0 Å². The molecule has 0 aliphatic carbocycles. The average Bonchev–Trinajstić information content (AvgIpc) is 3.25. The van der Waals surface area contributed by atoms with Crippen LogP contribution >= 0.6 is 0 Å². The molecule has 1 aliphatic heterocycles. The van der Waals surface area contributed by atoms with Gasteiger partial charge in [0.25, 0.3) is 0 Å². The van der Waals surface area contributed by atoms with Crippen molar-refractivity contribution in [3.63, 3.8) is 0 Å². The highest BCUT2D eigenvalue weighted by atomic mass is 19.1. The van der Waals surface area contributed by atoms with Crippen LogP contribution in [-0.4, -0.2) is 45.9 Å². The average molecular weight is 484 g/mol. The van der Waals surface area contributed by atoms with Gasteiger partial charge < -0.3 is 15.5 Å². The quantitative estimate of drug-likeness (QED) is 0.400. The van der Waals surface area contributed by atoms with E-state index in [0.717, 1.165) is 13.1 Å². The maximum atomic E-state index is 14.9. The van der Waals surface area contributed by atoms with E-state index in [-0.39, 0.29) is 5.82 Å². The first-order valence-corrected chi connectivity index (χ1v) is 11.7. The zero-order valence-electron chi connectivity index (χ0n) is 19.4. The monoisotopic (exact) mass is 483 g/mol. The molecule has 0 bridgehead atoms. The number of nitrogen functional groups attached to an aromatic ring is 1. The van der Waals surface area contributed by atoms with Gasteiger partial charge in [-0.3, -0.25) is 0 Å². The Kier molecular flexibility index (Phi) is 5.44. The number of fused-ring (bicyclic) bond motifs is 1. The van der Waals surface area contributed by atoms with Crippen LogP contribution in [0.15, 0.2) is 78.9 Å². The molecule has 0 atom stereocenters. The van der Waals surface area contributed by atoms with Gasteiger partial charge in [0.2, 0.25) is 5.95 Å². The van der Waals surface area contributed by atoms with Gasteiger partial charge >= 0.3 is 0 Å². The van der Waals surface area contributed by atoms with Crippen LogP contribution < -0.4 is 15.5 Å². The molecule has 3 heterocycles. The number of hydrogen-bond donors (Lipinski definition) is 1. The lowest BCUT2D eigenvalue weighted by Gasteiger charge is -2.36. The van der Waals surface area contributed by atoms with Gasteiger partial charge in [0.05, 0.1) is 16.8 Å². The molecule has 2 aromatic heterocycles. The third-order valence-electron chi connectivity index (χ3n) is 6.42. The Morgan fingerprint density at radius 3 is 2.17 bits per heavy atom. The number of piperazine rings is 1. The third kappa shape index (κ3) is 3.88. The SMILES string of the molecule is Nc1c2c(-c3ccccc3F)nc(N3CCN(c4ccccc4)CC3)nc2nn1-c1cccc(F)c1. The Hall–Kier alpha value is -4.53. The molecule has 0 saturated carbocycles. The summed E-state index contributed by atoms with van der Waals surface area (Å²) >= 11 is 0. The highest BCUT2D eigenvalue weighted by Gasteiger charge is 2.25. The molecule has 3 aromatic carbocycles. The summed E-state index contributed by atoms with van der Waals surface area (Å²) in [4.78, 5) is 13.9. The van der Waals surface area contributed by atoms with E-state index in [1.807, 2.05) is 18.2 Å². The molecule has 1 fully saturated rings. The molecule has 5 aromatic rings. The summed E-state index contributed by atoms with van der Waals surface area (Å²) in [5.74, 6) is -0.161. The number of para-hydroxylation sites is 1. The minimum atomic E-state index is -0.421. The Bertz CT molecular complexity index is 1540. The van der Waals surface area contributed by atoms with Gasteiger partial charge in [-0.25, -0.2) is 18.4 Å². The zero-order chi connectivity index (χ0) is 24.6. The van der Waals surface area contributed by atoms with Crippen LogP contribution in [0, 0.1) is 11.6 Å². The molecule has 180 valence electrons. The van der Waals surface area contributed by atoms with E-state index in [0.29, 0.717) is 47.0 Å². The number of aromatic nitrogens is 4. The maximum absolute atomic E-state index is 14.9. The van der Waals surface area contributed by atoms with E-state index in [1.54, 1.807) is 30.3 Å². The van der Waals surface area contributed by atoms with Crippen molar-refractivity contribution < 1.29 is 8.78 Å². The third-order valence-corrected chi connectivity index (χ3v) is 6.42.